The molecule has 1 aromatic heterocycles. The molecule has 1 nitrogen and oxygen atoms in total. The van der Waals surface area contributed by atoms with E-state index in [2.05, 4.69) is 42.2 Å². The Kier molecular flexibility index (Phi) is 3.13. The summed E-state index contributed by atoms with van der Waals surface area (Å²) in [5.74, 6) is 0. The van der Waals surface area contributed by atoms with E-state index >= 15 is 0 Å². The first kappa shape index (κ1) is 9.91. The van der Waals surface area contributed by atoms with Gasteiger partial charge in [-0.1, -0.05) is 30.3 Å². The molecular weight excluding hydrogens is 182 g/mol. The first-order chi connectivity index (χ1) is 7.34. The highest BCUT2D eigenvalue weighted by atomic mass is 14.6. The molecular formula is C14H14N. The standard InChI is InChI=1S/C14H14N/c1-12-4-6-13(7-5-12)8-9-14-3-2-10-15-11-14/h2-7,10-11H,1,8-9H2. The fourth-order valence-electron chi connectivity index (χ4n) is 1.54. The SMILES string of the molecule is [CH2]c1ccc(CCc2cccnc2)cc1. The minimum absolute atomic E-state index is 1.05. The summed E-state index contributed by atoms with van der Waals surface area (Å²) in [7, 11) is 0. The molecule has 1 radical (unpaired) electrons. The van der Waals surface area contributed by atoms with E-state index in [1.807, 2.05) is 12.3 Å². The van der Waals surface area contributed by atoms with Crippen molar-refractivity contribution in [1.29, 1.82) is 0 Å². The van der Waals surface area contributed by atoms with Gasteiger partial charge in [-0.2, -0.15) is 0 Å². The van der Waals surface area contributed by atoms with Gasteiger partial charge in [-0.15, -0.1) is 0 Å². The molecule has 0 aliphatic carbocycles. The fraction of sp³-hybridized carbons (Fsp3) is 0.143. The number of hydrogen-bond donors (Lipinski definition) is 0. The second kappa shape index (κ2) is 4.74. The van der Waals surface area contributed by atoms with E-state index in [0.717, 1.165) is 18.4 Å². The summed E-state index contributed by atoms with van der Waals surface area (Å²) in [5, 5.41) is 0. The number of nitrogens with zero attached hydrogens (tertiary/aromatic N) is 1. The Morgan fingerprint density at radius 1 is 0.933 bits per heavy atom. The number of aryl methyl sites for hydroxylation is 2. The molecule has 0 fully saturated rings. The topological polar surface area (TPSA) is 12.9 Å². The lowest BCUT2D eigenvalue weighted by Crippen LogP contribution is -1.91. The Hall–Kier alpha value is -1.63. The molecule has 0 saturated heterocycles. The first-order valence-corrected chi connectivity index (χ1v) is 5.14. The molecule has 1 aromatic carbocycles. The van der Waals surface area contributed by atoms with Crippen molar-refractivity contribution in [2.75, 3.05) is 0 Å². The monoisotopic (exact) mass is 196 g/mol. The van der Waals surface area contributed by atoms with Gasteiger partial charge < -0.3 is 0 Å². The predicted molar refractivity (Wildman–Crippen MR) is 62.5 cm³/mol. The van der Waals surface area contributed by atoms with E-state index in [0.29, 0.717) is 0 Å². The van der Waals surface area contributed by atoms with Crippen LogP contribution in [-0.4, -0.2) is 4.98 Å². The Labute approximate surface area is 90.8 Å². The molecule has 15 heavy (non-hydrogen) atoms. The van der Waals surface area contributed by atoms with Crippen molar-refractivity contribution in [3.63, 3.8) is 0 Å². The zero-order valence-corrected chi connectivity index (χ0v) is 8.69. The highest BCUT2D eigenvalue weighted by Gasteiger charge is 1.95. The van der Waals surface area contributed by atoms with Crippen LogP contribution in [0.3, 0.4) is 0 Å². The van der Waals surface area contributed by atoms with Crippen LogP contribution in [0, 0.1) is 6.92 Å². The van der Waals surface area contributed by atoms with Gasteiger partial charge in [0, 0.05) is 12.4 Å². The summed E-state index contributed by atoms with van der Waals surface area (Å²) in [4.78, 5) is 4.10. The molecule has 2 rings (SSSR count). The number of pyridine rings is 1. The van der Waals surface area contributed by atoms with E-state index in [9.17, 15) is 0 Å². The van der Waals surface area contributed by atoms with Gasteiger partial charge in [0.2, 0.25) is 0 Å². The summed E-state index contributed by atoms with van der Waals surface area (Å²) in [6.45, 7) is 3.87. The molecule has 0 unspecified atom stereocenters. The number of hydrogen-bond acceptors (Lipinski definition) is 1. The minimum atomic E-state index is 1.05. The van der Waals surface area contributed by atoms with Gasteiger partial charge in [0.1, 0.15) is 0 Å². The van der Waals surface area contributed by atoms with Crippen LogP contribution in [0.1, 0.15) is 16.7 Å². The maximum atomic E-state index is 4.10. The third-order valence-electron chi connectivity index (χ3n) is 2.45. The molecule has 2 aromatic rings. The molecule has 0 amide bonds. The average molecular weight is 196 g/mol. The van der Waals surface area contributed by atoms with Gasteiger partial charge >= 0.3 is 0 Å². The fourth-order valence-corrected chi connectivity index (χ4v) is 1.54. The van der Waals surface area contributed by atoms with Crippen molar-refractivity contribution in [3.05, 3.63) is 72.4 Å². The van der Waals surface area contributed by atoms with E-state index in [-0.39, 0.29) is 0 Å². The van der Waals surface area contributed by atoms with Gasteiger partial charge in [-0.25, -0.2) is 0 Å². The van der Waals surface area contributed by atoms with Gasteiger partial charge in [0.05, 0.1) is 0 Å². The summed E-state index contributed by atoms with van der Waals surface area (Å²) < 4.78 is 0. The van der Waals surface area contributed by atoms with Crippen molar-refractivity contribution in [3.8, 4) is 0 Å². The van der Waals surface area contributed by atoms with E-state index < -0.39 is 0 Å². The molecule has 0 bridgehead atoms. The maximum Gasteiger partial charge on any atom is 0.0299 e. The van der Waals surface area contributed by atoms with Crippen molar-refractivity contribution >= 4 is 0 Å². The second-order valence-corrected chi connectivity index (χ2v) is 3.68. The van der Waals surface area contributed by atoms with Gasteiger partial charge in [-0.05, 0) is 42.5 Å². The van der Waals surface area contributed by atoms with E-state index in [1.165, 1.54) is 11.1 Å². The van der Waals surface area contributed by atoms with Crippen LogP contribution < -0.4 is 0 Å². The lowest BCUT2D eigenvalue weighted by Gasteiger charge is -2.01. The summed E-state index contributed by atoms with van der Waals surface area (Å²) in [5.41, 5.74) is 3.71. The number of benzene rings is 1. The van der Waals surface area contributed by atoms with Crippen molar-refractivity contribution in [2.45, 2.75) is 12.8 Å². The third kappa shape index (κ3) is 2.91. The predicted octanol–water partition coefficient (Wildman–Crippen LogP) is 3.05. The molecule has 1 heterocycles. The van der Waals surface area contributed by atoms with Crippen LogP contribution >= 0.6 is 0 Å². The lowest BCUT2D eigenvalue weighted by atomic mass is 10.0. The number of rotatable bonds is 3. The zero-order valence-electron chi connectivity index (χ0n) is 8.69. The molecule has 0 saturated carbocycles. The first-order valence-electron chi connectivity index (χ1n) is 5.14. The summed E-state index contributed by atoms with van der Waals surface area (Å²) in [6.07, 6.45) is 5.84. The van der Waals surface area contributed by atoms with Gasteiger partial charge in [-0.3, -0.25) is 4.98 Å². The van der Waals surface area contributed by atoms with Crippen LogP contribution in [0.4, 0.5) is 0 Å². The molecule has 0 atom stereocenters. The molecule has 0 aliphatic heterocycles. The van der Waals surface area contributed by atoms with Crippen LogP contribution in [-0.2, 0) is 12.8 Å². The lowest BCUT2D eigenvalue weighted by molar-refractivity contribution is 0.949. The van der Waals surface area contributed by atoms with Crippen molar-refractivity contribution in [1.82, 2.24) is 4.98 Å². The van der Waals surface area contributed by atoms with Crippen LogP contribution in [0.2, 0.25) is 0 Å². The second-order valence-electron chi connectivity index (χ2n) is 3.68. The third-order valence-corrected chi connectivity index (χ3v) is 2.45. The normalized spacial score (nSPS) is 10.2. The van der Waals surface area contributed by atoms with E-state index in [4.69, 9.17) is 0 Å². The smallest absolute Gasteiger partial charge is 0.0299 e. The quantitative estimate of drug-likeness (QED) is 0.735. The van der Waals surface area contributed by atoms with Crippen LogP contribution in [0.25, 0.3) is 0 Å². The van der Waals surface area contributed by atoms with Gasteiger partial charge in [0.15, 0.2) is 0 Å². The molecule has 0 N–H and O–H groups in total. The maximum absolute atomic E-state index is 4.10. The van der Waals surface area contributed by atoms with Gasteiger partial charge in [0.25, 0.3) is 0 Å². The summed E-state index contributed by atoms with van der Waals surface area (Å²) >= 11 is 0. The molecule has 1 heteroatoms. The highest BCUT2D eigenvalue weighted by Crippen LogP contribution is 2.07. The molecule has 75 valence electrons. The number of aromatic nitrogens is 1. The zero-order chi connectivity index (χ0) is 10.5. The minimum Gasteiger partial charge on any atom is -0.264 e. The Bertz CT molecular complexity index is 403. The Morgan fingerprint density at radius 2 is 1.67 bits per heavy atom. The molecule has 0 aliphatic rings. The van der Waals surface area contributed by atoms with Crippen molar-refractivity contribution in [2.24, 2.45) is 0 Å². The summed E-state index contributed by atoms with van der Waals surface area (Å²) in [6, 6.07) is 12.5. The molecule has 0 spiro atoms. The Balaban J connectivity index is 1.96. The van der Waals surface area contributed by atoms with Crippen LogP contribution in [0.15, 0.2) is 48.8 Å². The average Bonchev–Trinajstić information content (AvgIpc) is 2.30. The largest absolute Gasteiger partial charge is 0.264 e. The van der Waals surface area contributed by atoms with Crippen molar-refractivity contribution < 1.29 is 0 Å². The van der Waals surface area contributed by atoms with Crippen LogP contribution in [0.5, 0.6) is 0 Å². The van der Waals surface area contributed by atoms with E-state index in [1.54, 1.807) is 6.20 Å². The Morgan fingerprint density at radius 3 is 2.33 bits per heavy atom. The highest BCUT2D eigenvalue weighted by molar-refractivity contribution is 5.25.